The number of carbonyl (C=O) groups is 2. The summed E-state index contributed by atoms with van der Waals surface area (Å²) in [5, 5.41) is 11.1. The Balaban J connectivity index is 2.51. The van der Waals surface area contributed by atoms with Crippen LogP contribution in [0.4, 0.5) is 4.79 Å². The Morgan fingerprint density at radius 2 is 2.10 bits per heavy atom. The molecule has 10 heteroatoms. The van der Waals surface area contributed by atoms with Gasteiger partial charge in [-0.15, -0.1) is 0 Å². The summed E-state index contributed by atoms with van der Waals surface area (Å²) in [5.41, 5.74) is 1.13. The first kappa shape index (κ1) is 14.9. The number of aryl methyl sites for hydroxylation is 1. The molecule has 2 aromatic rings. The van der Waals surface area contributed by atoms with Crippen LogP contribution < -0.4 is 4.74 Å². The Morgan fingerprint density at radius 3 is 2.67 bits per heavy atom. The number of amides is 1. The van der Waals surface area contributed by atoms with E-state index in [1.54, 1.807) is 21.0 Å². The van der Waals surface area contributed by atoms with Crippen LogP contribution in [0.1, 0.15) is 11.3 Å². The third-order valence-electron chi connectivity index (χ3n) is 2.79. The lowest BCUT2D eigenvalue weighted by Crippen LogP contribution is -2.24. The Bertz CT molecular complexity index is 779. The number of carbonyl (C=O) groups excluding carboxylic acids is 1. The maximum atomic E-state index is 11.8. The van der Waals surface area contributed by atoms with E-state index in [0.717, 1.165) is 0 Å². The number of hydrogen-bond donors (Lipinski definition) is 2. The summed E-state index contributed by atoms with van der Waals surface area (Å²) >= 11 is 5.29. The Hall–Kier alpha value is -2.49. The molecule has 2 heterocycles. The summed E-state index contributed by atoms with van der Waals surface area (Å²) in [6.45, 7) is 1.71. The monoisotopic (exact) mass is 311 g/mol. The molecule has 0 saturated heterocycles. The van der Waals surface area contributed by atoms with Gasteiger partial charge in [-0.3, -0.25) is 4.79 Å². The van der Waals surface area contributed by atoms with Gasteiger partial charge < -0.3 is 14.7 Å². The van der Waals surface area contributed by atoms with E-state index in [1.807, 2.05) is 0 Å². The molecule has 21 heavy (non-hydrogen) atoms. The van der Waals surface area contributed by atoms with Crippen molar-refractivity contribution in [3.63, 3.8) is 0 Å². The molecule has 0 atom stereocenters. The van der Waals surface area contributed by atoms with Crippen molar-refractivity contribution in [1.82, 2.24) is 24.5 Å². The van der Waals surface area contributed by atoms with Gasteiger partial charge in [0.15, 0.2) is 0 Å². The Labute approximate surface area is 124 Å². The number of rotatable bonds is 3. The number of H-pyrrole nitrogens is 1. The molecule has 0 unspecified atom stereocenters. The van der Waals surface area contributed by atoms with Crippen molar-refractivity contribution in [2.24, 2.45) is 0 Å². The van der Waals surface area contributed by atoms with Gasteiger partial charge in [-0.1, -0.05) is 12.2 Å². The zero-order valence-electron chi connectivity index (χ0n) is 11.6. The van der Waals surface area contributed by atoms with Gasteiger partial charge in [0.05, 0.1) is 6.42 Å². The van der Waals surface area contributed by atoms with Crippen LogP contribution in [0.25, 0.3) is 5.78 Å². The molecule has 0 radical (unpaired) electrons. The first-order valence-electron chi connectivity index (χ1n) is 5.88. The molecule has 0 aromatic carbocycles. The second kappa shape index (κ2) is 5.48. The van der Waals surface area contributed by atoms with Crippen LogP contribution in [0.15, 0.2) is 0 Å². The van der Waals surface area contributed by atoms with Crippen molar-refractivity contribution in [2.75, 3.05) is 14.1 Å². The largest absolute Gasteiger partial charge is 0.513 e. The lowest BCUT2D eigenvalue weighted by molar-refractivity contribution is -0.127. The van der Waals surface area contributed by atoms with Gasteiger partial charge in [0.25, 0.3) is 5.78 Å². The summed E-state index contributed by atoms with van der Waals surface area (Å²) in [6.07, 6.45) is -1.40. The number of fused-ring (bicyclic) bond motifs is 1. The Kier molecular flexibility index (Phi) is 3.89. The summed E-state index contributed by atoms with van der Waals surface area (Å²) in [6, 6.07) is -0.239. The highest BCUT2D eigenvalue weighted by atomic mass is 32.1. The average Bonchev–Trinajstić information content (AvgIpc) is 2.75. The minimum atomic E-state index is -1.50. The lowest BCUT2D eigenvalue weighted by Gasteiger charge is -2.11. The normalized spacial score (nSPS) is 10.6. The van der Waals surface area contributed by atoms with Crippen LogP contribution in [-0.2, 0) is 11.2 Å². The first-order chi connectivity index (χ1) is 9.79. The van der Waals surface area contributed by atoms with E-state index in [1.165, 1.54) is 9.42 Å². The Morgan fingerprint density at radius 1 is 1.43 bits per heavy atom. The van der Waals surface area contributed by atoms with Gasteiger partial charge in [-0.2, -0.15) is 4.98 Å². The van der Waals surface area contributed by atoms with Crippen LogP contribution in [0.5, 0.6) is 6.01 Å². The predicted molar refractivity (Wildman–Crippen MR) is 74.0 cm³/mol. The van der Waals surface area contributed by atoms with E-state index in [2.05, 4.69) is 19.8 Å². The number of nitrogens with one attached hydrogen (secondary N) is 1. The molecule has 9 nitrogen and oxygen atoms in total. The number of likely N-dealkylation sites (N-methyl/N-ethyl adjacent to an activating group) is 1. The molecular formula is C11H13N5O4S. The molecule has 0 aliphatic rings. The zero-order chi connectivity index (χ0) is 15.7. The second-order valence-electron chi connectivity index (χ2n) is 4.48. The van der Waals surface area contributed by atoms with Crippen LogP contribution in [0.3, 0.4) is 0 Å². The maximum absolute atomic E-state index is 11.8. The van der Waals surface area contributed by atoms with Crippen molar-refractivity contribution in [2.45, 2.75) is 13.3 Å². The third-order valence-corrected chi connectivity index (χ3v) is 3.21. The lowest BCUT2D eigenvalue weighted by atomic mass is 10.1. The highest BCUT2D eigenvalue weighted by molar-refractivity contribution is 7.71. The van der Waals surface area contributed by atoms with Crippen LogP contribution in [-0.4, -0.2) is 55.7 Å². The smallest absolute Gasteiger partial charge is 0.449 e. The van der Waals surface area contributed by atoms with E-state index in [0.29, 0.717) is 15.9 Å². The highest BCUT2D eigenvalue weighted by Crippen LogP contribution is 2.14. The summed E-state index contributed by atoms with van der Waals surface area (Å²) in [4.78, 5) is 31.8. The number of ether oxygens (including phenoxy) is 1. The molecule has 2 aromatic heterocycles. The molecule has 112 valence electrons. The second-order valence-corrected chi connectivity index (χ2v) is 4.86. The number of aromatic amines is 1. The van der Waals surface area contributed by atoms with Crippen molar-refractivity contribution in [1.29, 1.82) is 0 Å². The molecule has 2 rings (SSSR count). The average molecular weight is 311 g/mol. The molecule has 0 fully saturated rings. The van der Waals surface area contributed by atoms with Gasteiger partial charge in [-0.05, 0) is 6.92 Å². The first-order valence-corrected chi connectivity index (χ1v) is 6.29. The van der Waals surface area contributed by atoms with Gasteiger partial charge in [0.1, 0.15) is 4.64 Å². The highest BCUT2D eigenvalue weighted by Gasteiger charge is 2.16. The van der Waals surface area contributed by atoms with Crippen molar-refractivity contribution in [3.05, 3.63) is 15.9 Å². The fraction of sp³-hybridized carbons (Fsp3) is 0.364. The number of carboxylic acid groups (broad SMARTS) is 1. The third kappa shape index (κ3) is 2.99. The van der Waals surface area contributed by atoms with Gasteiger partial charge in [0, 0.05) is 25.4 Å². The summed E-state index contributed by atoms with van der Waals surface area (Å²) < 4.78 is 6.03. The van der Waals surface area contributed by atoms with Crippen LogP contribution >= 0.6 is 12.2 Å². The predicted octanol–water partition coefficient (Wildman–Crippen LogP) is 0.783. The molecule has 0 bridgehead atoms. The van der Waals surface area contributed by atoms with E-state index in [4.69, 9.17) is 17.3 Å². The molecule has 1 amide bonds. The fourth-order valence-corrected chi connectivity index (χ4v) is 2.02. The number of nitrogens with zero attached hydrogens (tertiary/aromatic N) is 4. The maximum Gasteiger partial charge on any atom is 0.513 e. The summed E-state index contributed by atoms with van der Waals surface area (Å²) in [5.74, 6) is 0.0577. The number of hydrogen-bond acceptors (Lipinski definition) is 6. The summed E-state index contributed by atoms with van der Waals surface area (Å²) in [7, 11) is 3.30. The van der Waals surface area contributed by atoms with E-state index < -0.39 is 6.16 Å². The molecule has 2 N–H and O–H groups in total. The minimum Gasteiger partial charge on any atom is -0.449 e. The standard InChI is InChI=1S/C11H13N5O4S/c1-5-6(4-7(17)15(2)3)8(21)16-9(12-5)13-10(14-16)20-11(18)19/h4H2,1-3H3,(H,18,19)(H,12,13,14). The topological polar surface area (TPSA) is 113 Å². The van der Waals surface area contributed by atoms with Crippen molar-refractivity contribution < 1.29 is 19.4 Å². The van der Waals surface area contributed by atoms with Gasteiger partial charge in [0.2, 0.25) is 5.91 Å². The molecule has 0 saturated carbocycles. The van der Waals surface area contributed by atoms with E-state index >= 15 is 0 Å². The van der Waals surface area contributed by atoms with E-state index in [-0.39, 0.29) is 24.1 Å². The van der Waals surface area contributed by atoms with E-state index in [9.17, 15) is 9.59 Å². The van der Waals surface area contributed by atoms with Crippen molar-refractivity contribution >= 4 is 30.1 Å². The van der Waals surface area contributed by atoms with Gasteiger partial charge in [-0.25, -0.2) is 19.4 Å². The van der Waals surface area contributed by atoms with Gasteiger partial charge >= 0.3 is 12.2 Å². The molecule has 0 aliphatic heterocycles. The SMILES string of the molecule is Cc1nc2nc(OC(=O)O)[nH]n2c(=S)c1CC(=O)N(C)C. The number of aromatic nitrogens is 4. The molecular weight excluding hydrogens is 298 g/mol. The van der Waals surface area contributed by atoms with Crippen LogP contribution in [0.2, 0.25) is 0 Å². The zero-order valence-corrected chi connectivity index (χ0v) is 12.4. The molecule has 0 aliphatic carbocycles. The quantitative estimate of drug-likeness (QED) is 0.636. The van der Waals surface area contributed by atoms with Crippen molar-refractivity contribution in [3.8, 4) is 6.01 Å². The fourth-order valence-electron chi connectivity index (χ4n) is 1.68. The van der Waals surface area contributed by atoms with Crippen LogP contribution in [0, 0.1) is 11.6 Å². The molecule has 0 spiro atoms. The minimum absolute atomic E-state index is 0.0990.